The number of ether oxygens (including phenoxy) is 1. The predicted octanol–water partition coefficient (Wildman–Crippen LogP) is 2.67. The first-order valence-electron chi connectivity index (χ1n) is 8.89. The van der Waals surface area contributed by atoms with Crippen LogP contribution in [0.15, 0.2) is 36.4 Å². The fraction of sp³-hybridized carbons (Fsp3) is 0.190. The van der Waals surface area contributed by atoms with E-state index in [0.717, 1.165) is 18.2 Å². The molecule has 1 amide bonds. The second kappa shape index (κ2) is 8.32. The maximum atomic E-state index is 14.4. The van der Waals surface area contributed by atoms with Crippen molar-refractivity contribution < 1.29 is 33.0 Å². The Morgan fingerprint density at radius 2 is 1.80 bits per heavy atom. The molecule has 0 aliphatic heterocycles. The van der Waals surface area contributed by atoms with Crippen LogP contribution in [0.3, 0.4) is 0 Å². The van der Waals surface area contributed by atoms with Gasteiger partial charge in [0.2, 0.25) is 5.91 Å². The largest absolute Gasteiger partial charge is 0.494 e. The second-order valence-electron chi connectivity index (χ2n) is 6.56. The van der Waals surface area contributed by atoms with Gasteiger partial charge in [0.05, 0.1) is 19.0 Å². The van der Waals surface area contributed by atoms with Crippen LogP contribution in [0.5, 0.6) is 5.75 Å². The minimum absolute atomic E-state index is 0.0684. The van der Waals surface area contributed by atoms with Crippen LogP contribution in [0.2, 0.25) is 0 Å². The van der Waals surface area contributed by atoms with Crippen LogP contribution in [-0.2, 0) is 16.0 Å². The molecule has 30 heavy (non-hydrogen) atoms. The first-order valence-corrected chi connectivity index (χ1v) is 8.89. The quantitative estimate of drug-likeness (QED) is 0.644. The molecule has 0 saturated carbocycles. The molecule has 3 rings (SSSR count). The number of carboxylic acid groups (broad SMARTS) is 1. The number of fused-ring (bicyclic) bond motifs is 1. The van der Waals surface area contributed by atoms with E-state index in [4.69, 9.17) is 9.84 Å². The average Bonchev–Trinajstić information content (AvgIpc) is 2.96. The van der Waals surface area contributed by atoms with E-state index in [-0.39, 0.29) is 23.3 Å². The summed E-state index contributed by atoms with van der Waals surface area (Å²) in [5, 5.41) is 11.4. The molecule has 0 aliphatic rings. The summed E-state index contributed by atoms with van der Waals surface area (Å²) in [6.07, 6.45) is -0.228. The van der Waals surface area contributed by atoms with Crippen LogP contribution in [0.25, 0.3) is 10.9 Å². The summed E-state index contributed by atoms with van der Waals surface area (Å²) in [4.78, 5) is 36.0. The Balaban J connectivity index is 2.14. The van der Waals surface area contributed by atoms with Crippen molar-refractivity contribution in [3.05, 3.63) is 64.9 Å². The number of carbonyl (C=O) groups is 3. The van der Waals surface area contributed by atoms with Crippen LogP contribution >= 0.6 is 0 Å². The lowest BCUT2D eigenvalue weighted by atomic mass is 10.1. The Labute approximate surface area is 169 Å². The van der Waals surface area contributed by atoms with Gasteiger partial charge in [-0.1, -0.05) is 0 Å². The number of halogens is 2. The molecule has 0 unspecified atom stereocenters. The van der Waals surface area contributed by atoms with Crippen LogP contribution in [0.4, 0.5) is 8.78 Å². The molecule has 1 heterocycles. The van der Waals surface area contributed by atoms with E-state index in [0.29, 0.717) is 16.6 Å². The number of methoxy groups -OCH3 is 1. The van der Waals surface area contributed by atoms with Crippen molar-refractivity contribution in [1.82, 2.24) is 9.88 Å². The fourth-order valence-electron chi connectivity index (χ4n) is 3.24. The second-order valence-corrected chi connectivity index (χ2v) is 6.56. The highest BCUT2D eigenvalue weighted by Crippen LogP contribution is 2.32. The Hall–Kier alpha value is -3.75. The highest BCUT2D eigenvalue weighted by atomic mass is 19.1. The number of hydrogen-bond acceptors (Lipinski definition) is 4. The van der Waals surface area contributed by atoms with Crippen molar-refractivity contribution in [1.29, 1.82) is 0 Å². The smallest absolute Gasteiger partial charge is 0.322 e. The molecule has 0 fully saturated rings. The van der Waals surface area contributed by atoms with Crippen molar-refractivity contribution in [2.75, 3.05) is 13.7 Å². The molecule has 156 valence electrons. The van der Waals surface area contributed by atoms with Gasteiger partial charge in [0.25, 0.3) is 5.91 Å². The summed E-state index contributed by atoms with van der Waals surface area (Å²) < 4.78 is 33.9. The molecule has 9 heteroatoms. The van der Waals surface area contributed by atoms with Gasteiger partial charge in [0.1, 0.15) is 12.4 Å². The van der Waals surface area contributed by atoms with Crippen LogP contribution < -0.4 is 10.1 Å². The topological polar surface area (TPSA) is 97.6 Å². The molecule has 0 bridgehead atoms. The molecule has 7 nitrogen and oxygen atoms in total. The van der Waals surface area contributed by atoms with Gasteiger partial charge >= 0.3 is 5.97 Å². The zero-order chi connectivity index (χ0) is 22.0. The summed E-state index contributed by atoms with van der Waals surface area (Å²) in [6, 6.07) is 7.40. The van der Waals surface area contributed by atoms with E-state index in [1.54, 1.807) is 6.92 Å². The normalized spacial score (nSPS) is 10.8. The highest BCUT2D eigenvalue weighted by Gasteiger charge is 2.23. The lowest BCUT2D eigenvalue weighted by Crippen LogP contribution is -2.30. The van der Waals surface area contributed by atoms with Crippen molar-refractivity contribution >= 4 is 28.7 Å². The molecule has 1 aromatic heterocycles. The Morgan fingerprint density at radius 3 is 2.40 bits per heavy atom. The highest BCUT2D eigenvalue weighted by molar-refractivity contribution is 6.05. The molecule has 2 N–H and O–H groups in total. The number of aromatic nitrogens is 1. The molecule has 0 aliphatic carbocycles. The molecule has 2 aromatic carbocycles. The van der Waals surface area contributed by atoms with E-state index in [1.807, 2.05) is 0 Å². The van der Waals surface area contributed by atoms with Gasteiger partial charge in [0, 0.05) is 22.7 Å². The molecule has 0 atom stereocenters. The van der Waals surface area contributed by atoms with E-state index in [9.17, 15) is 23.2 Å². The Morgan fingerprint density at radius 1 is 1.13 bits per heavy atom. The molecule has 3 aromatic rings. The number of nitrogens with zero attached hydrogens (tertiary/aromatic N) is 1. The van der Waals surface area contributed by atoms with Crippen molar-refractivity contribution in [3.8, 4) is 5.75 Å². The van der Waals surface area contributed by atoms with Gasteiger partial charge in [-0.25, -0.2) is 8.78 Å². The maximum absolute atomic E-state index is 14.4. The van der Waals surface area contributed by atoms with Gasteiger partial charge in [-0.2, -0.15) is 0 Å². The lowest BCUT2D eigenvalue weighted by molar-refractivity contribution is -0.137. The standard InChI is InChI=1S/C21H18F2N2O5/c1-11-14(8-19(26)24-10-20(27)28)15-7-18(30-2)16(23)9-17(15)25(11)21(29)12-3-5-13(22)6-4-12/h3-7,9H,8,10H2,1-2H3,(H,24,26)(H,27,28). The zero-order valence-corrected chi connectivity index (χ0v) is 16.2. The third-order valence-electron chi connectivity index (χ3n) is 4.68. The number of nitrogens with one attached hydrogen (secondary N) is 1. The maximum Gasteiger partial charge on any atom is 0.322 e. The minimum Gasteiger partial charge on any atom is -0.494 e. The summed E-state index contributed by atoms with van der Waals surface area (Å²) in [5.41, 5.74) is 1.18. The van der Waals surface area contributed by atoms with E-state index < -0.39 is 36.0 Å². The summed E-state index contributed by atoms with van der Waals surface area (Å²) in [7, 11) is 1.29. The number of carbonyl (C=O) groups excluding carboxylic acids is 2. The number of benzene rings is 2. The molecular formula is C21H18F2N2O5. The third-order valence-corrected chi connectivity index (χ3v) is 4.68. The van der Waals surface area contributed by atoms with Crippen molar-refractivity contribution in [3.63, 3.8) is 0 Å². The molecule has 0 saturated heterocycles. The van der Waals surface area contributed by atoms with E-state index in [1.165, 1.54) is 29.9 Å². The summed E-state index contributed by atoms with van der Waals surface area (Å²) in [5.74, 6) is -3.57. The number of rotatable bonds is 6. The van der Waals surface area contributed by atoms with Crippen molar-refractivity contribution in [2.45, 2.75) is 13.3 Å². The van der Waals surface area contributed by atoms with Gasteiger partial charge in [-0.05, 0) is 42.8 Å². The number of carboxylic acids is 1. The number of hydrogen-bond donors (Lipinski definition) is 2. The molecule has 0 radical (unpaired) electrons. The summed E-state index contributed by atoms with van der Waals surface area (Å²) >= 11 is 0. The lowest BCUT2D eigenvalue weighted by Gasteiger charge is -2.08. The first-order chi connectivity index (χ1) is 14.2. The average molecular weight is 416 g/mol. The summed E-state index contributed by atoms with van der Waals surface area (Å²) in [6.45, 7) is 1.04. The van der Waals surface area contributed by atoms with Gasteiger partial charge < -0.3 is 15.2 Å². The first kappa shape index (κ1) is 21.0. The Bertz CT molecular complexity index is 1150. The van der Waals surface area contributed by atoms with Crippen molar-refractivity contribution in [2.24, 2.45) is 0 Å². The minimum atomic E-state index is -1.20. The predicted molar refractivity (Wildman–Crippen MR) is 104 cm³/mol. The van der Waals surface area contributed by atoms with E-state index >= 15 is 0 Å². The van der Waals surface area contributed by atoms with Crippen LogP contribution in [-0.4, -0.2) is 41.1 Å². The van der Waals surface area contributed by atoms with Gasteiger partial charge in [-0.3, -0.25) is 19.0 Å². The van der Waals surface area contributed by atoms with Gasteiger partial charge in [0.15, 0.2) is 11.6 Å². The Kier molecular flexibility index (Phi) is 5.81. The molecule has 0 spiro atoms. The third kappa shape index (κ3) is 4.00. The SMILES string of the molecule is COc1cc2c(CC(=O)NCC(=O)O)c(C)n(C(=O)c3ccc(F)cc3)c2cc1F. The zero-order valence-electron chi connectivity index (χ0n) is 16.2. The van der Waals surface area contributed by atoms with Crippen LogP contribution in [0.1, 0.15) is 21.6 Å². The van der Waals surface area contributed by atoms with Gasteiger partial charge in [-0.15, -0.1) is 0 Å². The number of amides is 1. The fourth-order valence-corrected chi connectivity index (χ4v) is 3.24. The molecular weight excluding hydrogens is 398 g/mol. The number of aliphatic carboxylic acids is 1. The van der Waals surface area contributed by atoms with E-state index in [2.05, 4.69) is 5.32 Å². The monoisotopic (exact) mass is 416 g/mol. The van der Waals surface area contributed by atoms with Crippen LogP contribution in [0, 0.1) is 18.6 Å².